The van der Waals surface area contributed by atoms with Crippen LogP contribution in [0.15, 0.2) is 48.5 Å². The molecular weight excluding hydrogens is 180 g/mol. The van der Waals surface area contributed by atoms with Gasteiger partial charge in [-0.15, -0.1) is 0 Å². The fourth-order valence-corrected chi connectivity index (χ4v) is 2.12. The van der Waals surface area contributed by atoms with Crippen molar-refractivity contribution in [3.8, 4) is 0 Å². The standard InChI is InChI=1S/C15H11/c1-11-5-4-8-15-13(11)10-9-12-6-2-3-7-14(12)15/h2-3,5-10H,1H3. The Kier molecular flexibility index (Phi) is 1.75. The number of benzene rings is 3. The molecule has 0 amide bonds. The van der Waals surface area contributed by atoms with Gasteiger partial charge in [0.2, 0.25) is 0 Å². The van der Waals surface area contributed by atoms with Crippen LogP contribution in [0, 0.1) is 13.0 Å². The summed E-state index contributed by atoms with van der Waals surface area (Å²) < 4.78 is 0. The Balaban J connectivity index is 2.60. The summed E-state index contributed by atoms with van der Waals surface area (Å²) in [6.07, 6.45) is 0. The SMILES string of the molecule is Cc1c[c]cc2c1ccc1ccccc12. The highest BCUT2D eigenvalue weighted by Crippen LogP contribution is 2.26. The van der Waals surface area contributed by atoms with Gasteiger partial charge < -0.3 is 0 Å². The Hall–Kier alpha value is -1.82. The average molecular weight is 191 g/mol. The number of hydrogen-bond acceptors (Lipinski definition) is 0. The minimum atomic E-state index is 1.29. The van der Waals surface area contributed by atoms with Crippen LogP contribution in [0.3, 0.4) is 0 Å². The maximum atomic E-state index is 3.20. The molecule has 0 unspecified atom stereocenters. The number of hydrogen-bond donors (Lipinski definition) is 0. The highest BCUT2D eigenvalue weighted by molar-refractivity contribution is 6.08. The molecule has 1 radical (unpaired) electrons. The lowest BCUT2D eigenvalue weighted by Crippen LogP contribution is -1.80. The molecule has 0 aliphatic carbocycles. The quantitative estimate of drug-likeness (QED) is 0.469. The van der Waals surface area contributed by atoms with Gasteiger partial charge in [0.1, 0.15) is 0 Å². The lowest BCUT2D eigenvalue weighted by atomic mass is 9.99. The first-order chi connectivity index (χ1) is 7.36. The number of fused-ring (bicyclic) bond motifs is 3. The van der Waals surface area contributed by atoms with Crippen molar-refractivity contribution in [1.29, 1.82) is 0 Å². The largest absolute Gasteiger partial charge is 0.0616 e. The van der Waals surface area contributed by atoms with E-state index in [9.17, 15) is 0 Å². The summed E-state index contributed by atoms with van der Waals surface area (Å²) in [6.45, 7) is 2.13. The minimum absolute atomic E-state index is 1.29. The van der Waals surface area contributed by atoms with E-state index in [0.29, 0.717) is 0 Å². The third kappa shape index (κ3) is 1.22. The van der Waals surface area contributed by atoms with E-state index < -0.39 is 0 Å². The first-order valence-electron chi connectivity index (χ1n) is 5.14. The summed E-state index contributed by atoms with van der Waals surface area (Å²) in [6, 6.07) is 20.2. The van der Waals surface area contributed by atoms with Crippen LogP contribution in [-0.4, -0.2) is 0 Å². The topological polar surface area (TPSA) is 0 Å². The zero-order chi connectivity index (χ0) is 10.3. The molecule has 3 aromatic rings. The average Bonchev–Trinajstić information content (AvgIpc) is 2.29. The molecule has 0 spiro atoms. The van der Waals surface area contributed by atoms with Gasteiger partial charge in [-0.1, -0.05) is 42.5 Å². The second kappa shape index (κ2) is 3.09. The summed E-state index contributed by atoms with van der Waals surface area (Å²) in [5.41, 5.74) is 1.29. The van der Waals surface area contributed by atoms with E-state index in [1.165, 1.54) is 27.1 Å². The maximum absolute atomic E-state index is 3.20. The van der Waals surface area contributed by atoms with E-state index in [0.717, 1.165) is 0 Å². The van der Waals surface area contributed by atoms with Gasteiger partial charge in [0.25, 0.3) is 0 Å². The molecule has 0 saturated heterocycles. The second-order valence-corrected chi connectivity index (χ2v) is 3.89. The van der Waals surface area contributed by atoms with Gasteiger partial charge in [0.15, 0.2) is 0 Å². The summed E-state index contributed by atoms with van der Waals surface area (Å²) in [4.78, 5) is 0. The van der Waals surface area contributed by atoms with Crippen LogP contribution in [0.2, 0.25) is 0 Å². The zero-order valence-corrected chi connectivity index (χ0v) is 8.62. The van der Waals surface area contributed by atoms with Gasteiger partial charge in [-0.25, -0.2) is 0 Å². The lowest BCUT2D eigenvalue weighted by molar-refractivity contribution is 1.53. The van der Waals surface area contributed by atoms with E-state index in [-0.39, 0.29) is 0 Å². The second-order valence-electron chi connectivity index (χ2n) is 3.89. The Morgan fingerprint density at radius 1 is 0.800 bits per heavy atom. The monoisotopic (exact) mass is 191 g/mol. The van der Waals surface area contributed by atoms with Crippen LogP contribution >= 0.6 is 0 Å². The third-order valence-electron chi connectivity index (χ3n) is 2.92. The van der Waals surface area contributed by atoms with E-state index in [1.54, 1.807) is 0 Å². The number of aryl methyl sites for hydroxylation is 1. The Bertz CT molecular complexity index is 636. The van der Waals surface area contributed by atoms with Crippen LogP contribution in [-0.2, 0) is 0 Å². The molecule has 0 bridgehead atoms. The molecule has 0 heteroatoms. The molecule has 0 nitrogen and oxygen atoms in total. The summed E-state index contributed by atoms with van der Waals surface area (Å²) in [5, 5.41) is 5.24. The highest BCUT2D eigenvalue weighted by atomic mass is 14.0. The predicted octanol–water partition coefficient (Wildman–Crippen LogP) is 4.10. The van der Waals surface area contributed by atoms with Gasteiger partial charge in [-0.05, 0) is 46.2 Å². The van der Waals surface area contributed by atoms with Crippen LogP contribution in [0.4, 0.5) is 0 Å². The molecule has 0 heterocycles. The minimum Gasteiger partial charge on any atom is -0.0616 e. The molecule has 3 rings (SSSR count). The first kappa shape index (κ1) is 8.49. The van der Waals surface area contributed by atoms with Crippen molar-refractivity contribution in [2.75, 3.05) is 0 Å². The van der Waals surface area contributed by atoms with Gasteiger partial charge in [-0.2, -0.15) is 0 Å². The smallest absolute Gasteiger partial charge is 0.00966 e. The zero-order valence-electron chi connectivity index (χ0n) is 8.62. The molecule has 0 N–H and O–H groups in total. The van der Waals surface area contributed by atoms with Crippen molar-refractivity contribution in [3.05, 3.63) is 60.2 Å². The van der Waals surface area contributed by atoms with Crippen molar-refractivity contribution < 1.29 is 0 Å². The van der Waals surface area contributed by atoms with Crippen molar-refractivity contribution >= 4 is 21.5 Å². The molecule has 0 aliphatic rings. The fraction of sp³-hybridized carbons (Fsp3) is 0.0667. The fourth-order valence-electron chi connectivity index (χ4n) is 2.12. The molecule has 0 atom stereocenters. The van der Waals surface area contributed by atoms with Crippen molar-refractivity contribution in [3.63, 3.8) is 0 Å². The molecule has 0 fully saturated rings. The molecule has 15 heavy (non-hydrogen) atoms. The summed E-state index contributed by atoms with van der Waals surface area (Å²) >= 11 is 0. The van der Waals surface area contributed by atoms with Crippen molar-refractivity contribution in [2.24, 2.45) is 0 Å². The highest BCUT2D eigenvalue weighted by Gasteiger charge is 2.00. The summed E-state index contributed by atoms with van der Waals surface area (Å²) in [5.74, 6) is 0. The molecule has 0 aromatic heterocycles. The van der Waals surface area contributed by atoms with Gasteiger partial charge >= 0.3 is 0 Å². The predicted molar refractivity (Wildman–Crippen MR) is 65.0 cm³/mol. The van der Waals surface area contributed by atoms with E-state index >= 15 is 0 Å². The third-order valence-corrected chi connectivity index (χ3v) is 2.92. The van der Waals surface area contributed by atoms with E-state index in [1.807, 2.05) is 6.07 Å². The molecule has 0 saturated carbocycles. The molecule has 0 aliphatic heterocycles. The van der Waals surface area contributed by atoms with E-state index in [4.69, 9.17) is 0 Å². The lowest BCUT2D eigenvalue weighted by Gasteiger charge is -2.05. The molecular formula is C15H11. The Morgan fingerprint density at radius 2 is 1.67 bits per heavy atom. The van der Waals surface area contributed by atoms with E-state index in [2.05, 4.69) is 55.5 Å². The van der Waals surface area contributed by atoms with Crippen LogP contribution < -0.4 is 0 Å². The normalized spacial score (nSPS) is 11.0. The van der Waals surface area contributed by atoms with Gasteiger partial charge in [0.05, 0.1) is 0 Å². The van der Waals surface area contributed by atoms with Gasteiger partial charge in [-0.3, -0.25) is 0 Å². The van der Waals surface area contributed by atoms with Crippen LogP contribution in [0.1, 0.15) is 5.56 Å². The summed E-state index contributed by atoms with van der Waals surface area (Å²) in [7, 11) is 0. The Labute approximate surface area is 89.2 Å². The van der Waals surface area contributed by atoms with Crippen molar-refractivity contribution in [1.82, 2.24) is 0 Å². The Morgan fingerprint density at radius 3 is 2.60 bits per heavy atom. The molecule has 71 valence electrons. The first-order valence-corrected chi connectivity index (χ1v) is 5.14. The van der Waals surface area contributed by atoms with Crippen molar-refractivity contribution in [2.45, 2.75) is 6.92 Å². The molecule has 3 aromatic carbocycles. The maximum Gasteiger partial charge on any atom is -0.00966 e. The van der Waals surface area contributed by atoms with Crippen LogP contribution in [0.25, 0.3) is 21.5 Å². The number of rotatable bonds is 0. The van der Waals surface area contributed by atoms with Gasteiger partial charge in [0, 0.05) is 0 Å². The van der Waals surface area contributed by atoms with Crippen LogP contribution in [0.5, 0.6) is 0 Å².